The fourth-order valence-corrected chi connectivity index (χ4v) is 2.58. The SMILES string of the molecule is CCO[C@H]1CN[C@H](C(=O)Nc2cccc(-c3ncn[nH]3)c2)C1. The van der Waals surface area contributed by atoms with Crippen LogP contribution in [0.5, 0.6) is 0 Å². The maximum Gasteiger partial charge on any atom is 0.241 e. The van der Waals surface area contributed by atoms with Crippen LogP contribution < -0.4 is 10.6 Å². The third kappa shape index (κ3) is 3.32. The molecule has 1 amide bonds. The van der Waals surface area contributed by atoms with Gasteiger partial charge in [0.25, 0.3) is 0 Å². The van der Waals surface area contributed by atoms with Crippen molar-refractivity contribution >= 4 is 11.6 Å². The van der Waals surface area contributed by atoms with Crippen LogP contribution in [0.2, 0.25) is 0 Å². The van der Waals surface area contributed by atoms with E-state index in [-0.39, 0.29) is 18.1 Å². The van der Waals surface area contributed by atoms with Gasteiger partial charge in [-0.2, -0.15) is 5.10 Å². The fourth-order valence-electron chi connectivity index (χ4n) is 2.58. The molecule has 7 heteroatoms. The molecule has 0 radical (unpaired) electrons. The third-order valence-corrected chi connectivity index (χ3v) is 3.63. The third-order valence-electron chi connectivity index (χ3n) is 3.63. The highest BCUT2D eigenvalue weighted by atomic mass is 16.5. The first-order valence-electron chi connectivity index (χ1n) is 7.38. The zero-order chi connectivity index (χ0) is 15.4. The van der Waals surface area contributed by atoms with Crippen LogP contribution >= 0.6 is 0 Å². The van der Waals surface area contributed by atoms with Gasteiger partial charge in [0.2, 0.25) is 5.91 Å². The highest BCUT2D eigenvalue weighted by molar-refractivity contribution is 5.95. The maximum absolute atomic E-state index is 12.3. The average molecular weight is 301 g/mol. The molecule has 1 aromatic heterocycles. The van der Waals surface area contributed by atoms with Crippen molar-refractivity contribution in [1.82, 2.24) is 20.5 Å². The van der Waals surface area contributed by atoms with Crippen molar-refractivity contribution in [3.63, 3.8) is 0 Å². The Morgan fingerprint density at radius 1 is 1.50 bits per heavy atom. The number of hydrogen-bond acceptors (Lipinski definition) is 5. The van der Waals surface area contributed by atoms with Crippen LogP contribution in [0, 0.1) is 0 Å². The largest absolute Gasteiger partial charge is 0.377 e. The minimum absolute atomic E-state index is 0.0445. The number of rotatable bonds is 5. The van der Waals surface area contributed by atoms with Crippen LogP contribution in [0.4, 0.5) is 5.69 Å². The van der Waals surface area contributed by atoms with Crippen molar-refractivity contribution in [1.29, 1.82) is 0 Å². The summed E-state index contributed by atoms with van der Waals surface area (Å²) in [6.07, 6.45) is 2.26. The maximum atomic E-state index is 12.3. The Balaban J connectivity index is 1.64. The molecule has 1 aliphatic heterocycles. The molecular weight excluding hydrogens is 282 g/mol. The summed E-state index contributed by atoms with van der Waals surface area (Å²) in [5.41, 5.74) is 1.61. The predicted molar refractivity (Wildman–Crippen MR) is 82.3 cm³/mol. The molecule has 1 saturated heterocycles. The van der Waals surface area contributed by atoms with Crippen molar-refractivity contribution < 1.29 is 9.53 Å². The second-order valence-corrected chi connectivity index (χ2v) is 5.18. The Kier molecular flexibility index (Phi) is 4.45. The predicted octanol–water partition coefficient (Wildman–Crippen LogP) is 1.18. The van der Waals surface area contributed by atoms with E-state index in [1.807, 2.05) is 31.2 Å². The van der Waals surface area contributed by atoms with Gasteiger partial charge in [0, 0.05) is 24.4 Å². The Morgan fingerprint density at radius 3 is 3.18 bits per heavy atom. The van der Waals surface area contributed by atoms with Gasteiger partial charge >= 0.3 is 0 Å². The van der Waals surface area contributed by atoms with Gasteiger partial charge in [0.05, 0.1) is 12.1 Å². The molecule has 1 fully saturated rings. The molecule has 22 heavy (non-hydrogen) atoms. The molecule has 1 aliphatic rings. The lowest BCUT2D eigenvalue weighted by molar-refractivity contribution is -0.118. The topological polar surface area (TPSA) is 91.9 Å². The number of H-pyrrole nitrogens is 1. The number of anilines is 1. The summed E-state index contributed by atoms with van der Waals surface area (Å²) in [7, 11) is 0. The van der Waals surface area contributed by atoms with Crippen LogP contribution in [0.3, 0.4) is 0 Å². The fraction of sp³-hybridized carbons (Fsp3) is 0.400. The molecule has 2 atom stereocenters. The van der Waals surface area contributed by atoms with Crippen LogP contribution in [0.15, 0.2) is 30.6 Å². The number of carbonyl (C=O) groups is 1. The van der Waals surface area contributed by atoms with Crippen LogP contribution in [0.25, 0.3) is 11.4 Å². The zero-order valence-corrected chi connectivity index (χ0v) is 12.4. The van der Waals surface area contributed by atoms with E-state index in [0.29, 0.717) is 25.4 Å². The Morgan fingerprint density at radius 2 is 2.41 bits per heavy atom. The molecular formula is C15H19N5O2. The van der Waals surface area contributed by atoms with Crippen molar-refractivity contribution in [3.05, 3.63) is 30.6 Å². The van der Waals surface area contributed by atoms with E-state index in [4.69, 9.17) is 4.74 Å². The molecule has 2 heterocycles. The Labute approximate surface area is 128 Å². The normalized spacial score (nSPS) is 21.0. The summed E-state index contributed by atoms with van der Waals surface area (Å²) in [4.78, 5) is 16.4. The number of benzene rings is 1. The Bertz CT molecular complexity index is 629. The molecule has 0 bridgehead atoms. The number of nitrogens with zero attached hydrogens (tertiary/aromatic N) is 2. The average Bonchev–Trinajstić information content (AvgIpc) is 3.19. The lowest BCUT2D eigenvalue weighted by Gasteiger charge is -2.12. The molecule has 3 N–H and O–H groups in total. The molecule has 0 saturated carbocycles. The van der Waals surface area contributed by atoms with E-state index >= 15 is 0 Å². The van der Waals surface area contributed by atoms with Crippen LogP contribution in [-0.4, -0.2) is 46.4 Å². The van der Waals surface area contributed by atoms with Gasteiger partial charge in [0.15, 0.2) is 5.82 Å². The highest BCUT2D eigenvalue weighted by Gasteiger charge is 2.29. The van der Waals surface area contributed by atoms with E-state index in [2.05, 4.69) is 25.8 Å². The van der Waals surface area contributed by atoms with Crippen molar-refractivity contribution in [2.45, 2.75) is 25.5 Å². The smallest absolute Gasteiger partial charge is 0.241 e. The van der Waals surface area contributed by atoms with Gasteiger partial charge in [-0.15, -0.1) is 0 Å². The summed E-state index contributed by atoms with van der Waals surface area (Å²) < 4.78 is 5.54. The molecule has 1 aromatic carbocycles. The summed E-state index contributed by atoms with van der Waals surface area (Å²) >= 11 is 0. The van der Waals surface area contributed by atoms with Crippen LogP contribution in [0.1, 0.15) is 13.3 Å². The van der Waals surface area contributed by atoms with E-state index in [0.717, 1.165) is 11.3 Å². The van der Waals surface area contributed by atoms with Crippen molar-refractivity contribution in [2.24, 2.45) is 0 Å². The molecule has 0 aliphatic carbocycles. The minimum Gasteiger partial charge on any atom is -0.377 e. The lowest BCUT2D eigenvalue weighted by Crippen LogP contribution is -2.35. The highest BCUT2D eigenvalue weighted by Crippen LogP contribution is 2.19. The first-order chi connectivity index (χ1) is 10.8. The molecule has 0 spiro atoms. The number of hydrogen-bond donors (Lipinski definition) is 3. The number of aromatic amines is 1. The van der Waals surface area contributed by atoms with E-state index in [1.54, 1.807) is 0 Å². The molecule has 0 unspecified atom stereocenters. The van der Waals surface area contributed by atoms with Crippen molar-refractivity contribution in [2.75, 3.05) is 18.5 Å². The molecule has 3 rings (SSSR count). The standard InChI is InChI=1S/C15H19N5O2/c1-2-22-12-7-13(16-8-12)15(21)19-11-5-3-4-10(6-11)14-17-9-18-20-14/h3-6,9,12-13,16H,2,7-8H2,1H3,(H,19,21)(H,17,18,20)/t12-,13+/m1/s1. The number of nitrogens with one attached hydrogen (secondary N) is 3. The van der Waals surface area contributed by atoms with Gasteiger partial charge in [-0.1, -0.05) is 12.1 Å². The van der Waals surface area contributed by atoms with E-state index in [1.165, 1.54) is 6.33 Å². The van der Waals surface area contributed by atoms with Gasteiger partial charge in [-0.3, -0.25) is 9.89 Å². The van der Waals surface area contributed by atoms with Gasteiger partial charge in [-0.25, -0.2) is 4.98 Å². The summed E-state index contributed by atoms with van der Waals surface area (Å²) in [6.45, 7) is 3.34. The zero-order valence-electron chi connectivity index (χ0n) is 12.4. The first-order valence-corrected chi connectivity index (χ1v) is 7.38. The summed E-state index contributed by atoms with van der Waals surface area (Å²) in [6, 6.07) is 7.29. The quantitative estimate of drug-likeness (QED) is 0.771. The first kappa shape index (κ1) is 14.7. The lowest BCUT2D eigenvalue weighted by atomic mass is 10.1. The van der Waals surface area contributed by atoms with Gasteiger partial charge in [0.1, 0.15) is 6.33 Å². The number of amides is 1. The minimum atomic E-state index is -0.217. The number of aromatic nitrogens is 3. The second kappa shape index (κ2) is 6.67. The summed E-state index contributed by atoms with van der Waals surface area (Å²) in [5, 5.41) is 12.8. The monoisotopic (exact) mass is 301 g/mol. The van der Waals surface area contributed by atoms with Crippen molar-refractivity contribution in [3.8, 4) is 11.4 Å². The number of carbonyl (C=O) groups excluding carboxylic acids is 1. The van der Waals surface area contributed by atoms with E-state index < -0.39 is 0 Å². The van der Waals surface area contributed by atoms with Gasteiger partial charge in [-0.05, 0) is 25.5 Å². The Hall–Kier alpha value is -2.25. The molecule has 2 aromatic rings. The van der Waals surface area contributed by atoms with Gasteiger partial charge < -0.3 is 15.4 Å². The number of ether oxygens (including phenoxy) is 1. The van der Waals surface area contributed by atoms with E-state index in [9.17, 15) is 4.79 Å². The molecule has 7 nitrogen and oxygen atoms in total. The van der Waals surface area contributed by atoms with Crippen LogP contribution in [-0.2, 0) is 9.53 Å². The summed E-state index contributed by atoms with van der Waals surface area (Å²) in [5.74, 6) is 0.628. The molecule has 116 valence electrons. The second-order valence-electron chi connectivity index (χ2n) is 5.18.